The first-order valence-corrected chi connectivity index (χ1v) is 2.49. The lowest BCUT2D eigenvalue weighted by atomic mass is 10.5. The van der Waals surface area contributed by atoms with Crippen molar-refractivity contribution in [1.82, 2.24) is 4.98 Å². The quantitative estimate of drug-likeness (QED) is 0.506. The van der Waals surface area contributed by atoms with E-state index in [1.54, 1.807) is 6.08 Å². The number of aryl methyl sites for hydroxylation is 1. The molecule has 1 rings (SSSR count). The highest BCUT2D eigenvalue weighted by Gasteiger charge is 1.92. The minimum atomic E-state index is 1.05. The Morgan fingerprint density at radius 3 is 2.88 bits per heavy atom. The van der Waals surface area contributed by atoms with Crippen molar-refractivity contribution in [3.05, 3.63) is 24.8 Å². The van der Waals surface area contributed by atoms with Gasteiger partial charge >= 0.3 is 0 Å². The normalized spacial score (nSPS) is 9.12. The molecule has 0 aromatic carbocycles. The van der Waals surface area contributed by atoms with E-state index < -0.39 is 0 Å². The van der Waals surface area contributed by atoms with Crippen LogP contribution in [0.5, 0.6) is 0 Å². The number of nitrogens with one attached hydrogen (secondary N) is 1. The second-order valence-electron chi connectivity index (χ2n) is 1.73. The molecule has 2 nitrogen and oxygen atoms in total. The van der Waals surface area contributed by atoms with Gasteiger partial charge < -0.3 is 0 Å². The number of imidazole rings is 1. The van der Waals surface area contributed by atoms with Gasteiger partial charge in [0.25, 0.3) is 0 Å². The largest absolute Gasteiger partial charge is 0.244 e. The van der Waals surface area contributed by atoms with Gasteiger partial charge in [-0.25, -0.2) is 9.55 Å². The molecule has 1 aromatic heterocycles. The van der Waals surface area contributed by atoms with Crippen LogP contribution in [0.1, 0.15) is 5.69 Å². The van der Waals surface area contributed by atoms with Gasteiger partial charge in [-0.15, -0.1) is 0 Å². The number of H-pyrrole nitrogens is 1. The molecular formula is C6H9N2+. The summed E-state index contributed by atoms with van der Waals surface area (Å²) in [5.41, 5.74) is 1.05. The van der Waals surface area contributed by atoms with E-state index >= 15 is 0 Å². The fraction of sp³-hybridized carbons (Fsp3) is 0.167. The van der Waals surface area contributed by atoms with Crippen LogP contribution >= 0.6 is 0 Å². The molecule has 1 N–H and O–H groups in total. The number of hydrogen-bond donors (Lipinski definition) is 1. The average molecular weight is 109 g/mol. The van der Waals surface area contributed by atoms with E-state index in [9.17, 15) is 0 Å². The topological polar surface area (TPSA) is 19.7 Å². The molecule has 1 aromatic rings. The van der Waals surface area contributed by atoms with Crippen molar-refractivity contribution in [2.24, 2.45) is 7.05 Å². The van der Waals surface area contributed by atoms with E-state index in [0.717, 1.165) is 5.69 Å². The molecule has 0 atom stereocenters. The first kappa shape index (κ1) is 5.09. The lowest BCUT2D eigenvalue weighted by molar-refractivity contribution is -0.670. The molecule has 0 fully saturated rings. The highest BCUT2D eigenvalue weighted by atomic mass is 15.0. The van der Waals surface area contributed by atoms with Crippen molar-refractivity contribution in [2.45, 2.75) is 0 Å². The van der Waals surface area contributed by atoms with Crippen molar-refractivity contribution in [3.8, 4) is 0 Å². The van der Waals surface area contributed by atoms with E-state index in [1.807, 2.05) is 24.1 Å². The van der Waals surface area contributed by atoms with Crippen LogP contribution in [0.25, 0.3) is 6.08 Å². The van der Waals surface area contributed by atoms with Gasteiger partial charge in [0.2, 0.25) is 6.33 Å². The predicted molar refractivity (Wildman–Crippen MR) is 32.1 cm³/mol. The number of rotatable bonds is 1. The molecule has 0 unspecified atom stereocenters. The van der Waals surface area contributed by atoms with Crippen LogP contribution < -0.4 is 4.57 Å². The molecule has 0 saturated carbocycles. The fourth-order valence-corrected chi connectivity index (χ4v) is 0.582. The van der Waals surface area contributed by atoms with Crippen molar-refractivity contribution < 1.29 is 4.57 Å². The molecule has 0 spiro atoms. The zero-order chi connectivity index (χ0) is 5.98. The van der Waals surface area contributed by atoms with Gasteiger partial charge in [0.05, 0.1) is 7.05 Å². The first-order chi connectivity index (χ1) is 3.83. The van der Waals surface area contributed by atoms with Crippen LogP contribution in [-0.4, -0.2) is 4.98 Å². The summed E-state index contributed by atoms with van der Waals surface area (Å²) in [7, 11) is 1.96. The first-order valence-electron chi connectivity index (χ1n) is 2.49. The number of hydrogen-bond acceptors (Lipinski definition) is 0. The number of aromatic amines is 1. The van der Waals surface area contributed by atoms with E-state index in [0.29, 0.717) is 0 Å². The van der Waals surface area contributed by atoms with Crippen LogP contribution in [-0.2, 0) is 7.05 Å². The summed E-state index contributed by atoms with van der Waals surface area (Å²) in [5, 5.41) is 0. The summed E-state index contributed by atoms with van der Waals surface area (Å²) in [5.74, 6) is 0. The SMILES string of the molecule is C=Cc1c[n+](C)c[nH]1. The van der Waals surface area contributed by atoms with Crippen LogP contribution in [0.2, 0.25) is 0 Å². The molecular weight excluding hydrogens is 100 g/mol. The third-order valence-corrected chi connectivity index (χ3v) is 0.997. The molecule has 42 valence electrons. The Morgan fingerprint density at radius 1 is 1.88 bits per heavy atom. The molecule has 0 aliphatic rings. The summed E-state index contributed by atoms with van der Waals surface area (Å²) in [6.45, 7) is 3.60. The van der Waals surface area contributed by atoms with Gasteiger partial charge in [-0.3, -0.25) is 0 Å². The van der Waals surface area contributed by atoms with Crippen molar-refractivity contribution >= 4 is 6.08 Å². The molecule has 0 bridgehead atoms. The highest BCUT2D eigenvalue weighted by Crippen LogP contribution is 1.87. The Morgan fingerprint density at radius 2 is 2.62 bits per heavy atom. The minimum absolute atomic E-state index is 1.05. The van der Waals surface area contributed by atoms with Crippen molar-refractivity contribution in [3.63, 3.8) is 0 Å². The summed E-state index contributed by atoms with van der Waals surface area (Å²) >= 11 is 0. The van der Waals surface area contributed by atoms with Crippen LogP contribution in [0.3, 0.4) is 0 Å². The predicted octanol–water partition coefficient (Wildman–Crippen LogP) is 0.482. The Labute approximate surface area is 48.5 Å². The zero-order valence-corrected chi connectivity index (χ0v) is 4.89. The zero-order valence-electron chi connectivity index (χ0n) is 4.89. The minimum Gasteiger partial charge on any atom is -0.244 e. The van der Waals surface area contributed by atoms with Crippen LogP contribution in [0.15, 0.2) is 19.1 Å². The van der Waals surface area contributed by atoms with Gasteiger partial charge in [-0.1, -0.05) is 6.58 Å². The van der Waals surface area contributed by atoms with E-state index in [1.165, 1.54) is 0 Å². The van der Waals surface area contributed by atoms with Crippen LogP contribution in [0, 0.1) is 0 Å². The van der Waals surface area contributed by atoms with Gasteiger partial charge in [-0.05, 0) is 6.08 Å². The molecule has 8 heavy (non-hydrogen) atoms. The second-order valence-corrected chi connectivity index (χ2v) is 1.73. The molecule has 0 saturated heterocycles. The molecule has 0 aliphatic carbocycles. The van der Waals surface area contributed by atoms with Crippen molar-refractivity contribution in [2.75, 3.05) is 0 Å². The summed E-state index contributed by atoms with van der Waals surface area (Å²) < 4.78 is 1.94. The number of nitrogens with zero attached hydrogens (tertiary/aromatic N) is 1. The fourth-order valence-electron chi connectivity index (χ4n) is 0.582. The summed E-state index contributed by atoms with van der Waals surface area (Å²) in [6.07, 6.45) is 5.62. The Balaban J connectivity index is 3.00. The van der Waals surface area contributed by atoms with Gasteiger partial charge in [0.1, 0.15) is 6.20 Å². The van der Waals surface area contributed by atoms with E-state index in [4.69, 9.17) is 0 Å². The Bertz CT molecular complexity index is 188. The second kappa shape index (κ2) is 1.82. The molecule has 1 heterocycles. The maximum Gasteiger partial charge on any atom is 0.241 e. The molecule has 2 heteroatoms. The third-order valence-electron chi connectivity index (χ3n) is 0.997. The Kier molecular flexibility index (Phi) is 1.16. The third kappa shape index (κ3) is 0.780. The van der Waals surface area contributed by atoms with Crippen LogP contribution in [0.4, 0.5) is 0 Å². The van der Waals surface area contributed by atoms with Gasteiger partial charge in [0.15, 0.2) is 5.69 Å². The highest BCUT2D eigenvalue weighted by molar-refractivity contribution is 5.37. The van der Waals surface area contributed by atoms with E-state index in [2.05, 4.69) is 11.6 Å². The standard InChI is InChI=1S/C6H8N2/c1-3-6-4-8(2)5-7-6/h3-5H,1H2,2H3/p+1. The van der Waals surface area contributed by atoms with Gasteiger partial charge in [-0.2, -0.15) is 0 Å². The summed E-state index contributed by atoms with van der Waals surface area (Å²) in [4.78, 5) is 3.00. The number of aromatic nitrogens is 2. The maximum atomic E-state index is 3.60. The smallest absolute Gasteiger partial charge is 0.241 e. The van der Waals surface area contributed by atoms with Crippen molar-refractivity contribution in [1.29, 1.82) is 0 Å². The molecule has 0 amide bonds. The summed E-state index contributed by atoms with van der Waals surface area (Å²) in [6, 6.07) is 0. The maximum absolute atomic E-state index is 3.60. The average Bonchev–Trinajstić information content (AvgIpc) is 2.14. The van der Waals surface area contributed by atoms with E-state index in [-0.39, 0.29) is 0 Å². The molecule has 0 radical (unpaired) electrons. The Hall–Kier alpha value is -1.05. The lowest BCUT2D eigenvalue weighted by Crippen LogP contribution is -2.22. The molecule has 0 aliphatic heterocycles. The van der Waals surface area contributed by atoms with Gasteiger partial charge in [0, 0.05) is 0 Å². The monoisotopic (exact) mass is 109 g/mol. The lowest BCUT2D eigenvalue weighted by Gasteiger charge is -1.69.